The highest BCUT2D eigenvalue weighted by atomic mass is 16.5. The number of carbonyl (C=O) groups excluding carboxylic acids is 2. The van der Waals surface area contributed by atoms with E-state index in [1.54, 1.807) is 18.7 Å². The second-order valence-electron chi connectivity index (χ2n) is 3.72. The Morgan fingerprint density at radius 3 is 2.07 bits per heavy atom. The summed E-state index contributed by atoms with van der Waals surface area (Å²) in [5.41, 5.74) is -0.992. The van der Waals surface area contributed by atoms with Crippen molar-refractivity contribution < 1.29 is 14.3 Å². The SMILES string of the molecule is CCN(CC)C(=O)NC(C)(C)C(=O)OC. The molecular formula is C10H20N2O3. The normalized spacial score (nSPS) is 10.7. The van der Waals surface area contributed by atoms with Crippen LogP contribution in [0.5, 0.6) is 0 Å². The lowest BCUT2D eigenvalue weighted by atomic mass is 10.1. The second kappa shape index (κ2) is 5.58. The summed E-state index contributed by atoms with van der Waals surface area (Å²) in [6.07, 6.45) is 0. The van der Waals surface area contributed by atoms with Crippen molar-refractivity contribution in [2.45, 2.75) is 33.2 Å². The third-order valence-electron chi connectivity index (χ3n) is 2.17. The minimum Gasteiger partial charge on any atom is -0.467 e. The van der Waals surface area contributed by atoms with E-state index in [-0.39, 0.29) is 6.03 Å². The number of nitrogens with zero attached hydrogens (tertiary/aromatic N) is 1. The molecule has 5 nitrogen and oxygen atoms in total. The predicted octanol–water partition coefficient (Wildman–Crippen LogP) is 0.989. The van der Waals surface area contributed by atoms with E-state index in [0.29, 0.717) is 13.1 Å². The first-order valence-corrected chi connectivity index (χ1v) is 5.04. The lowest BCUT2D eigenvalue weighted by Crippen LogP contribution is -2.54. The van der Waals surface area contributed by atoms with E-state index >= 15 is 0 Å². The van der Waals surface area contributed by atoms with Crippen LogP contribution in [0, 0.1) is 0 Å². The first-order valence-electron chi connectivity index (χ1n) is 5.04. The second-order valence-corrected chi connectivity index (χ2v) is 3.72. The molecule has 0 fully saturated rings. The minimum atomic E-state index is -0.992. The van der Waals surface area contributed by atoms with E-state index in [4.69, 9.17) is 0 Å². The molecule has 0 aromatic carbocycles. The van der Waals surface area contributed by atoms with E-state index in [2.05, 4.69) is 10.1 Å². The summed E-state index contributed by atoms with van der Waals surface area (Å²) >= 11 is 0. The van der Waals surface area contributed by atoms with Gasteiger partial charge in [-0.2, -0.15) is 0 Å². The molecule has 88 valence electrons. The van der Waals surface area contributed by atoms with Crippen LogP contribution in [0.2, 0.25) is 0 Å². The maximum Gasteiger partial charge on any atom is 0.331 e. The van der Waals surface area contributed by atoms with Gasteiger partial charge in [0.1, 0.15) is 5.54 Å². The summed E-state index contributed by atoms with van der Waals surface area (Å²) in [4.78, 5) is 24.6. The van der Waals surface area contributed by atoms with E-state index in [1.165, 1.54) is 7.11 Å². The summed E-state index contributed by atoms with van der Waals surface area (Å²) in [5.74, 6) is -0.456. The number of hydrogen-bond acceptors (Lipinski definition) is 3. The van der Waals surface area contributed by atoms with Gasteiger partial charge in [0.15, 0.2) is 0 Å². The predicted molar refractivity (Wildman–Crippen MR) is 57.5 cm³/mol. The van der Waals surface area contributed by atoms with Gasteiger partial charge in [0.05, 0.1) is 7.11 Å². The van der Waals surface area contributed by atoms with Gasteiger partial charge in [-0.25, -0.2) is 9.59 Å². The molecule has 0 unspecified atom stereocenters. The van der Waals surface area contributed by atoms with E-state index in [1.807, 2.05) is 13.8 Å². The van der Waals surface area contributed by atoms with Gasteiger partial charge in [0.25, 0.3) is 0 Å². The molecule has 15 heavy (non-hydrogen) atoms. The number of hydrogen-bond donors (Lipinski definition) is 1. The highest BCUT2D eigenvalue weighted by Gasteiger charge is 2.31. The Kier molecular flexibility index (Phi) is 5.11. The summed E-state index contributed by atoms with van der Waals surface area (Å²) < 4.78 is 4.59. The molecule has 0 radical (unpaired) electrons. The average molecular weight is 216 g/mol. The minimum absolute atomic E-state index is 0.254. The van der Waals surface area contributed by atoms with Crippen molar-refractivity contribution in [3.63, 3.8) is 0 Å². The zero-order valence-electron chi connectivity index (χ0n) is 10.1. The average Bonchev–Trinajstić information content (AvgIpc) is 2.17. The highest BCUT2D eigenvalue weighted by molar-refractivity contribution is 5.86. The Bertz CT molecular complexity index is 235. The van der Waals surface area contributed by atoms with E-state index in [9.17, 15) is 9.59 Å². The zero-order chi connectivity index (χ0) is 12.1. The highest BCUT2D eigenvalue weighted by Crippen LogP contribution is 2.05. The molecule has 0 heterocycles. The largest absolute Gasteiger partial charge is 0.467 e. The fourth-order valence-corrected chi connectivity index (χ4v) is 1.16. The third-order valence-corrected chi connectivity index (χ3v) is 2.17. The van der Waals surface area contributed by atoms with Crippen molar-refractivity contribution in [3.8, 4) is 0 Å². The van der Waals surface area contributed by atoms with Crippen LogP contribution in [0.3, 0.4) is 0 Å². The van der Waals surface area contributed by atoms with Gasteiger partial charge in [-0.3, -0.25) is 0 Å². The van der Waals surface area contributed by atoms with Crippen LogP contribution in [0.1, 0.15) is 27.7 Å². The van der Waals surface area contributed by atoms with Crippen molar-refractivity contribution in [2.24, 2.45) is 0 Å². The fourth-order valence-electron chi connectivity index (χ4n) is 1.16. The van der Waals surface area contributed by atoms with Gasteiger partial charge in [-0.1, -0.05) is 0 Å². The zero-order valence-corrected chi connectivity index (χ0v) is 10.1. The molecule has 0 saturated heterocycles. The van der Waals surface area contributed by atoms with Gasteiger partial charge in [0, 0.05) is 13.1 Å². The van der Waals surface area contributed by atoms with Crippen molar-refractivity contribution in [3.05, 3.63) is 0 Å². The number of carbonyl (C=O) groups is 2. The van der Waals surface area contributed by atoms with Gasteiger partial charge < -0.3 is 15.0 Å². The maximum atomic E-state index is 11.6. The molecule has 0 aromatic heterocycles. The van der Waals surface area contributed by atoms with Crippen LogP contribution in [0.15, 0.2) is 0 Å². The fraction of sp³-hybridized carbons (Fsp3) is 0.800. The summed E-state index contributed by atoms with van der Waals surface area (Å²) in [7, 11) is 1.30. The summed E-state index contributed by atoms with van der Waals surface area (Å²) in [6, 6.07) is -0.254. The quantitative estimate of drug-likeness (QED) is 0.713. The van der Waals surface area contributed by atoms with Crippen molar-refractivity contribution in [2.75, 3.05) is 20.2 Å². The first kappa shape index (κ1) is 13.7. The van der Waals surface area contributed by atoms with Crippen LogP contribution < -0.4 is 5.32 Å². The third kappa shape index (κ3) is 3.77. The maximum absolute atomic E-state index is 11.6. The summed E-state index contributed by atoms with van der Waals surface area (Å²) in [6.45, 7) is 8.21. The van der Waals surface area contributed by atoms with Crippen LogP contribution in [0.25, 0.3) is 0 Å². The molecule has 0 aliphatic carbocycles. The van der Waals surface area contributed by atoms with Gasteiger partial charge in [-0.15, -0.1) is 0 Å². The van der Waals surface area contributed by atoms with E-state index in [0.717, 1.165) is 0 Å². The molecular weight excluding hydrogens is 196 g/mol. The van der Waals surface area contributed by atoms with Crippen molar-refractivity contribution in [1.29, 1.82) is 0 Å². The molecule has 0 aromatic rings. The Hall–Kier alpha value is -1.26. The molecule has 0 saturated carbocycles. The molecule has 0 atom stereocenters. The van der Waals surface area contributed by atoms with Gasteiger partial charge in [-0.05, 0) is 27.7 Å². The van der Waals surface area contributed by atoms with Crippen molar-refractivity contribution >= 4 is 12.0 Å². The first-order chi connectivity index (χ1) is 6.88. The van der Waals surface area contributed by atoms with Crippen LogP contribution in [-0.4, -0.2) is 42.6 Å². The molecule has 0 aliphatic heterocycles. The monoisotopic (exact) mass is 216 g/mol. The van der Waals surface area contributed by atoms with Crippen LogP contribution in [0.4, 0.5) is 4.79 Å². The molecule has 0 rings (SSSR count). The molecule has 2 amide bonds. The number of nitrogens with one attached hydrogen (secondary N) is 1. The van der Waals surface area contributed by atoms with Gasteiger partial charge >= 0.3 is 12.0 Å². The van der Waals surface area contributed by atoms with Crippen LogP contribution in [-0.2, 0) is 9.53 Å². The Morgan fingerprint density at radius 2 is 1.73 bits per heavy atom. The van der Waals surface area contributed by atoms with Crippen LogP contribution >= 0.6 is 0 Å². The number of urea groups is 1. The van der Waals surface area contributed by atoms with E-state index < -0.39 is 11.5 Å². The topological polar surface area (TPSA) is 58.6 Å². The molecule has 0 spiro atoms. The molecule has 0 aliphatic rings. The smallest absolute Gasteiger partial charge is 0.331 e. The molecule has 5 heteroatoms. The summed E-state index contributed by atoms with van der Waals surface area (Å²) in [5, 5.41) is 2.62. The van der Waals surface area contributed by atoms with Gasteiger partial charge in [0.2, 0.25) is 0 Å². The molecule has 1 N–H and O–H groups in total. The standard InChI is InChI=1S/C10H20N2O3/c1-6-12(7-2)9(14)11-10(3,4)8(13)15-5/h6-7H2,1-5H3,(H,11,14). The number of ether oxygens (including phenoxy) is 1. The number of esters is 1. The number of rotatable bonds is 4. The molecule has 0 bridgehead atoms. The lowest BCUT2D eigenvalue weighted by molar-refractivity contribution is -0.146. The Labute approximate surface area is 90.8 Å². The lowest BCUT2D eigenvalue weighted by Gasteiger charge is -2.27. The number of amides is 2. The Morgan fingerprint density at radius 1 is 1.27 bits per heavy atom. The van der Waals surface area contributed by atoms with Crippen molar-refractivity contribution in [1.82, 2.24) is 10.2 Å². The Balaban J connectivity index is 4.45. The number of methoxy groups -OCH3 is 1.